The van der Waals surface area contributed by atoms with Crippen LogP contribution in [0.5, 0.6) is 11.5 Å². The molecule has 14 aromatic rings. The van der Waals surface area contributed by atoms with Crippen LogP contribution in [-0.2, 0) is 24.8 Å². The Hall–Kier alpha value is -9.09. The van der Waals surface area contributed by atoms with Gasteiger partial charge in [-0.1, -0.05) is 57.2 Å². The summed E-state index contributed by atoms with van der Waals surface area (Å²) in [4.78, 5) is 5.06. The van der Waals surface area contributed by atoms with Crippen LogP contribution in [0.25, 0.3) is 111 Å². The van der Waals surface area contributed by atoms with E-state index in [9.17, 15) is 5.48 Å². The molecule has 4 aromatic heterocycles. The Bertz CT molecular complexity index is 5090. The van der Waals surface area contributed by atoms with E-state index >= 15 is 0 Å². The number of imidazole rings is 1. The van der Waals surface area contributed by atoms with E-state index in [1.165, 1.54) is 5.56 Å². The summed E-state index contributed by atoms with van der Waals surface area (Å²) >= 11 is 2.18. The molecule has 0 atom stereocenters. The number of hydrogen-bond acceptors (Lipinski definition) is 2. The first-order valence-corrected chi connectivity index (χ1v) is 26.3. The Morgan fingerprint density at radius 1 is 0.468 bits per heavy atom. The van der Waals surface area contributed by atoms with Gasteiger partial charge in [-0.2, -0.15) is 0 Å². The molecule has 0 bridgehead atoms. The zero-order valence-corrected chi connectivity index (χ0v) is 44.1. The molecule has 0 radical (unpaired) electrons. The third-order valence-corrected chi connectivity index (χ3v) is 15.2. The molecule has 0 fully saturated rings. The van der Waals surface area contributed by atoms with Crippen molar-refractivity contribution in [3.63, 3.8) is 0 Å². The first-order valence-electron chi connectivity index (χ1n) is 30.1. The van der Waals surface area contributed by atoms with Gasteiger partial charge in [0, 0.05) is 11.8 Å². The van der Waals surface area contributed by atoms with E-state index in [-0.39, 0.29) is 33.4 Å². The average molecular weight is 1180 g/mol. The predicted octanol–water partition coefficient (Wildman–Crippen LogP) is 17.8. The normalized spacial score (nSPS) is 13.7. The van der Waals surface area contributed by atoms with E-state index < -0.39 is 60.4 Å². The molecule has 4 heterocycles. The molecule has 6 nitrogen and oxygen atoms in total. The Morgan fingerprint density at radius 3 is 1.62 bits per heavy atom. The summed E-state index contributed by atoms with van der Waals surface area (Å²) in [5.41, 5.74) is 8.96. The van der Waals surface area contributed by atoms with Crippen molar-refractivity contribution >= 4 is 54.6 Å². The molecule has 0 saturated carbocycles. The van der Waals surface area contributed by atoms with Crippen molar-refractivity contribution in [3.8, 4) is 67.8 Å². The van der Waals surface area contributed by atoms with Crippen molar-refractivity contribution in [1.29, 1.82) is 0 Å². The van der Waals surface area contributed by atoms with E-state index in [0.29, 0.717) is 43.5 Å². The first-order chi connectivity index (χ1) is 41.9. The van der Waals surface area contributed by atoms with Gasteiger partial charge in [0.1, 0.15) is 0 Å². The SMILES string of the molecule is [2H]c1c([2H])c([2H])c(-c2cc(-n3c4ccccc4c4ccccc43)cc(-c3c([2H])c([2H])c([2H])c([2H])c3[2H])c2-n2[c](=[Pt])n(-c3[c-]c(Oc4[c-]c5c(cc4)c4ccccc4n5-c4ccc(-c5ccccc5C(C)(C)C)cn4)ccc3)c3ccccc32)c([2H])c1[2H]. The fourth-order valence-corrected chi connectivity index (χ4v) is 12.0. The van der Waals surface area contributed by atoms with E-state index in [4.69, 9.17) is 17.9 Å². The van der Waals surface area contributed by atoms with E-state index in [1.807, 2.05) is 135 Å². The monoisotopic (exact) mass is 1180 g/mol. The summed E-state index contributed by atoms with van der Waals surface area (Å²) in [6.45, 7) is 6.64. The third kappa shape index (κ3) is 7.90. The molecule has 0 unspecified atom stereocenters. The second kappa shape index (κ2) is 18.6. The molecule has 10 aromatic carbocycles. The van der Waals surface area contributed by atoms with Gasteiger partial charge in [0.2, 0.25) is 0 Å². The molecule has 372 valence electrons. The van der Waals surface area contributed by atoms with E-state index in [1.54, 1.807) is 18.2 Å². The molecule has 0 aliphatic heterocycles. The van der Waals surface area contributed by atoms with E-state index in [2.05, 4.69) is 99.3 Å². The van der Waals surface area contributed by atoms with Gasteiger partial charge in [-0.05, 0) is 22.6 Å². The second-order valence-corrected chi connectivity index (χ2v) is 20.8. The first kappa shape index (κ1) is 36.8. The van der Waals surface area contributed by atoms with Crippen LogP contribution in [0.2, 0.25) is 0 Å². The fraction of sp³-hybridized carbons (Fsp3) is 0.0571. The van der Waals surface area contributed by atoms with Crippen LogP contribution in [0.1, 0.15) is 40.0 Å². The number of pyridine rings is 1. The number of benzene rings is 10. The topological polar surface area (TPSA) is 41.8 Å². The Morgan fingerprint density at radius 2 is 1.01 bits per heavy atom. The van der Waals surface area contributed by atoms with Crippen LogP contribution in [0.15, 0.2) is 243 Å². The third-order valence-electron chi connectivity index (χ3n) is 14.2. The Balaban J connectivity index is 0.972. The maximum atomic E-state index is 9.58. The fourth-order valence-electron chi connectivity index (χ4n) is 10.9. The second-order valence-electron chi connectivity index (χ2n) is 19.8. The van der Waals surface area contributed by atoms with Gasteiger partial charge in [-0.25, -0.2) is 0 Å². The molecule has 14 rings (SSSR count). The number of nitrogens with zero attached hydrogens (tertiary/aromatic N) is 5. The summed E-state index contributed by atoms with van der Waals surface area (Å²) in [7, 11) is 0. The van der Waals surface area contributed by atoms with Crippen molar-refractivity contribution < 1.29 is 37.8 Å². The minimum atomic E-state index is -0.586. The molecular weight excluding hydrogens is 1120 g/mol. The van der Waals surface area contributed by atoms with Crippen LogP contribution in [0, 0.1) is 15.9 Å². The number of para-hydroxylation sites is 5. The summed E-state index contributed by atoms with van der Waals surface area (Å²) in [6, 6.07) is 58.6. The van der Waals surface area contributed by atoms with Gasteiger partial charge < -0.3 is 0 Å². The van der Waals surface area contributed by atoms with Gasteiger partial charge in [0.25, 0.3) is 0 Å². The van der Waals surface area contributed by atoms with Crippen LogP contribution in [-0.4, -0.2) is 23.3 Å². The number of fused-ring (bicyclic) bond motifs is 7. The van der Waals surface area contributed by atoms with Gasteiger partial charge in [-0.15, -0.1) is 0 Å². The molecule has 0 saturated heterocycles. The van der Waals surface area contributed by atoms with Gasteiger partial charge in [0.05, 0.1) is 0 Å². The quantitative estimate of drug-likeness (QED) is 0.135. The summed E-state index contributed by atoms with van der Waals surface area (Å²) in [5, 5.41) is 3.82. The minimum absolute atomic E-state index is 0.0706. The zero-order valence-electron chi connectivity index (χ0n) is 51.8. The van der Waals surface area contributed by atoms with Crippen molar-refractivity contribution in [2.45, 2.75) is 26.2 Å². The molecule has 7 heteroatoms. The van der Waals surface area contributed by atoms with Crippen molar-refractivity contribution in [2.24, 2.45) is 0 Å². The zero-order chi connectivity index (χ0) is 60.5. The van der Waals surface area contributed by atoms with Gasteiger partial charge >= 0.3 is 382 Å². The number of ether oxygens (including phenoxy) is 1. The number of rotatable bonds is 9. The van der Waals surface area contributed by atoms with Gasteiger partial charge in [0.15, 0.2) is 0 Å². The Labute approximate surface area is 471 Å². The maximum absolute atomic E-state index is 9.58. The van der Waals surface area contributed by atoms with Crippen molar-refractivity contribution in [1.82, 2.24) is 23.3 Å². The molecule has 0 amide bonds. The van der Waals surface area contributed by atoms with Crippen LogP contribution in [0.3, 0.4) is 0 Å². The van der Waals surface area contributed by atoms with Gasteiger partial charge in [-0.3, -0.25) is 0 Å². The Kier molecular flexibility index (Phi) is 8.90. The van der Waals surface area contributed by atoms with Crippen LogP contribution in [0.4, 0.5) is 0 Å². The molecule has 0 aliphatic rings. The average Bonchev–Trinajstić information content (AvgIpc) is 1.74. The standard InChI is InChI=1S/C70H49N5O.Pt/c1-70(2,3)61-31-14-10-27-54(61)49-37-40-68(71-45-49)75-64-34-17-13-30-57(64)58-39-38-53(44-67(58)75)76-52-26-20-25-50(41-52)72-46-73(66-36-19-18-35-65(66)72)69-59(47-21-6-4-7-22-47)42-51(43-60(69)48-23-8-5-9-24-48)74-62-32-15-11-28-55(62)56-29-12-16-33-63(56)74;/h4-40,42-43,45H,1-3H3;/q-2;/i4D,5D,6D,7D,8D,9D,21D,22D,23D,24D;. The van der Waals surface area contributed by atoms with Crippen molar-refractivity contribution in [3.05, 3.63) is 264 Å². The summed E-state index contributed by atoms with van der Waals surface area (Å²) in [5.74, 6) is 1.50. The van der Waals surface area contributed by atoms with Crippen LogP contribution >= 0.6 is 0 Å². The predicted molar refractivity (Wildman–Crippen MR) is 312 cm³/mol. The molecule has 0 spiro atoms. The molecular formula is C70H49N5OPt-2. The number of aromatic nitrogens is 5. The van der Waals surface area contributed by atoms with E-state index in [0.717, 1.165) is 54.7 Å². The number of hydrogen-bond donors (Lipinski definition) is 0. The van der Waals surface area contributed by atoms with Crippen molar-refractivity contribution in [2.75, 3.05) is 0 Å². The summed E-state index contributed by atoms with van der Waals surface area (Å²) in [6.07, 6.45) is 1.92. The molecule has 77 heavy (non-hydrogen) atoms. The van der Waals surface area contributed by atoms with Crippen LogP contribution < -0.4 is 4.74 Å². The molecule has 0 N–H and O–H groups in total. The molecule has 0 aliphatic carbocycles. The summed E-state index contributed by atoms with van der Waals surface area (Å²) < 4.78 is 107.